The normalized spacial score (nSPS) is 15.9. The number of amides is 1. The molecule has 2 rings (SSSR count). The number of rotatable bonds is 2. The highest BCUT2D eigenvalue weighted by Gasteiger charge is 2.19. The van der Waals surface area contributed by atoms with Crippen LogP contribution in [0, 0.1) is 0 Å². The summed E-state index contributed by atoms with van der Waals surface area (Å²) in [7, 11) is 1.61. The number of benzene rings is 1. The standard InChI is InChI=1S/C11H13ClN2O2/c1-16-10-3-2-8(12)6-9(10)14-5-4-13-11(15)7-14/h2-3,6H,4-5,7H2,1H3,(H,13,15). The first kappa shape index (κ1) is 11.1. The molecule has 0 unspecified atom stereocenters. The molecule has 1 aromatic carbocycles. The smallest absolute Gasteiger partial charge is 0.239 e. The minimum atomic E-state index is 0.0216. The molecular weight excluding hydrogens is 228 g/mol. The summed E-state index contributed by atoms with van der Waals surface area (Å²) in [6.45, 7) is 1.76. The Labute approximate surface area is 99.1 Å². The lowest BCUT2D eigenvalue weighted by atomic mass is 10.2. The highest BCUT2D eigenvalue weighted by Crippen LogP contribution is 2.31. The number of piperazine rings is 1. The lowest BCUT2D eigenvalue weighted by Gasteiger charge is -2.29. The average Bonchev–Trinajstić information content (AvgIpc) is 2.29. The number of carbonyl (C=O) groups excluding carboxylic acids is 1. The van der Waals surface area contributed by atoms with Crippen LogP contribution in [0.4, 0.5) is 5.69 Å². The minimum absolute atomic E-state index is 0.0216. The van der Waals surface area contributed by atoms with Gasteiger partial charge < -0.3 is 15.0 Å². The Bertz CT molecular complexity index is 409. The van der Waals surface area contributed by atoms with Crippen molar-refractivity contribution in [3.05, 3.63) is 23.2 Å². The van der Waals surface area contributed by atoms with Crippen LogP contribution in [0.15, 0.2) is 18.2 Å². The van der Waals surface area contributed by atoms with Gasteiger partial charge >= 0.3 is 0 Å². The Kier molecular flexibility index (Phi) is 3.19. The molecule has 1 aliphatic heterocycles. The summed E-state index contributed by atoms with van der Waals surface area (Å²) in [4.78, 5) is 13.3. The minimum Gasteiger partial charge on any atom is -0.495 e. The van der Waals surface area contributed by atoms with Gasteiger partial charge in [0.25, 0.3) is 0 Å². The van der Waals surface area contributed by atoms with Gasteiger partial charge in [0.2, 0.25) is 5.91 Å². The maximum atomic E-state index is 11.3. The monoisotopic (exact) mass is 240 g/mol. The summed E-state index contributed by atoms with van der Waals surface area (Å²) in [6, 6.07) is 5.40. The van der Waals surface area contributed by atoms with Gasteiger partial charge in [0.1, 0.15) is 5.75 Å². The number of carbonyl (C=O) groups is 1. The Morgan fingerprint density at radius 2 is 2.31 bits per heavy atom. The number of hydrogen-bond acceptors (Lipinski definition) is 3. The fourth-order valence-electron chi connectivity index (χ4n) is 1.75. The third kappa shape index (κ3) is 2.22. The molecule has 86 valence electrons. The summed E-state index contributed by atoms with van der Waals surface area (Å²) in [5.41, 5.74) is 0.866. The highest BCUT2D eigenvalue weighted by molar-refractivity contribution is 6.31. The second-order valence-corrected chi connectivity index (χ2v) is 4.02. The third-order valence-corrected chi connectivity index (χ3v) is 2.76. The first-order chi connectivity index (χ1) is 7.70. The highest BCUT2D eigenvalue weighted by atomic mass is 35.5. The summed E-state index contributed by atoms with van der Waals surface area (Å²) in [6.07, 6.45) is 0. The molecular formula is C11H13ClN2O2. The van der Waals surface area contributed by atoms with Crippen LogP contribution in [0.3, 0.4) is 0 Å². The molecule has 0 aliphatic carbocycles. The number of nitrogens with zero attached hydrogens (tertiary/aromatic N) is 1. The molecule has 0 bridgehead atoms. The van der Waals surface area contributed by atoms with E-state index in [1.54, 1.807) is 13.2 Å². The van der Waals surface area contributed by atoms with Gasteiger partial charge in [-0.25, -0.2) is 0 Å². The van der Waals surface area contributed by atoms with Crippen molar-refractivity contribution in [1.82, 2.24) is 5.32 Å². The van der Waals surface area contributed by atoms with Gasteiger partial charge in [-0.15, -0.1) is 0 Å². The average molecular weight is 241 g/mol. The van der Waals surface area contributed by atoms with Gasteiger partial charge in [0.05, 0.1) is 19.3 Å². The summed E-state index contributed by atoms with van der Waals surface area (Å²) < 4.78 is 5.26. The maximum absolute atomic E-state index is 11.3. The van der Waals surface area contributed by atoms with Gasteiger partial charge in [-0.1, -0.05) is 11.6 Å². The number of ether oxygens (including phenoxy) is 1. The molecule has 1 heterocycles. The van der Waals surface area contributed by atoms with E-state index in [1.165, 1.54) is 0 Å². The van der Waals surface area contributed by atoms with Gasteiger partial charge in [0, 0.05) is 18.1 Å². The van der Waals surface area contributed by atoms with E-state index in [0.717, 1.165) is 18.0 Å². The van der Waals surface area contributed by atoms with Gasteiger partial charge in [-0.3, -0.25) is 4.79 Å². The number of nitrogens with one attached hydrogen (secondary N) is 1. The summed E-state index contributed by atoms with van der Waals surface area (Å²) >= 11 is 5.95. The van der Waals surface area contributed by atoms with Crippen LogP contribution in [-0.4, -0.2) is 32.7 Å². The van der Waals surface area contributed by atoms with E-state index >= 15 is 0 Å². The van der Waals surface area contributed by atoms with Gasteiger partial charge in [0.15, 0.2) is 0 Å². The van der Waals surface area contributed by atoms with Crippen molar-refractivity contribution in [2.45, 2.75) is 0 Å². The molecule has 16 heavy (non-hydrogen) atoms. The lowest BCUT2D eigenvalue weighted by Crippen LogP contribution is -2.47. The Morgan fingerprint density at radius 1 is 1.50 bits per heavy atom. The summed E-state index contributed by atoms with van der Waals surface area (Å²) in [5.74, 6) is 0.757. The van der Waals surface area contributed by atoms with Crippen molar-refractivity contribution < 1.29 is 9.53 Å². The van der Waals surface area contributed by atoms with Crippen molar-refractivity contribution in [3.8, 4) is 5.75 Å². The van der Waals surface area contributed by atoms with E-state index in [2.05, 4.69) is 5.32 Å². The molecule has 4 nitrogen and oxygen atoms in total. The Morgan fingerprint density at radius 3 is 3.00 bits per heavy atom. The molecule has 1 aromatic rings. The predicted molar refractivity (Wildman–Crippen MR) is 63.2 cm³/mol. The second kappa shape index (κ2) is 4.61. The van der Waals surface area contributed by atoms with E-state index in [4.69, 9.17) is 16.3 Å². The molecule has 0 atom stereocenters. The Hall–Kier alpha value is -1.42. The SMILES string of the molecule is COc1ccc(Cl)cc1N1CCNC(=O)C1. The maximum Gasteiger partial charge on any atom is 0.239 e. The molecule has 0 saturated carbocycles. The second-order valence-electron chi connectivity index (χ2n) is 3.59. The van der Waals surface area contributed by atoms with Crippen molar-refractivity contribution in [3.63, 3.8) is 0 Å². The number of hydrogen-bond donors (Lipinski definition) is 1. The fourth-order valence-corrected chi connectivity index (χ4v) is 1.92. The van der Waals surface area contributed by atoms with E-state index in [9.17, 15) is 4.79 Å². The van der Waals surface area contributed by atoms with E-state index in [0.29, 0.717) is 18.1 Å². The molecule has 1 saturated heterocycles. The quantitative estimate of drug-likeness (QED) is 0.847. The molecule has 0 radical (unpaired) electrons. The number of halogens is 1. The number of anilines is 1. The zero-order valence-corrected chi connectivity index (χ0v) is 9.75. The van der Waals surface area contributed by atoms with Gasteiger partial charge in [-0.2, -0.15) is 0 Å². The zero-order valence-electron chi connectivity index (χ0n) is 9.00. The first-order valence-electron chi connectivity index (χ1n) is 5.06. The van der Waals surface area contributed by atoms with Crippen LogP contribution in [0.1, 0.15) is 0 Å². The van der Waals surface area contributed by atoms with Crippen LogP contribution in [0.25, 0.3) is 0 Å². The molecule has 5 heteroatoms. The van der Waals surface area contributed by atoms with Crippen molar-refractivity contribution in [2.24, 2.45) is 0 Å². The third-order valence-electron chi connectivity index (χ3n) is 2.52. The number of methoxy groups -OCH3 is 1. The topological polar surface area (TPSA) is 41.6 Å². The van der Waals surface area contributed by atoms with E-state index < -0.39 is 0 Å². The fraction of sp³-hybridized carbons (Fsp3) is 0.364. The zero-order chi connectivity index (χ0) is 11.5. The van der Waals surface area contributed by atoms with Gasteiger partial charge in [-0.05, 0) is 18.2 Å². The molecule has 1 aliphatic rings. The van der Waals surface area contributed by atoms with Crippen LogP contribution >= 0.6 is 11.6 Å². The van der Waals surface area contributed by atoms with Crippen LogP contribution in [0.2, 0.25) is 5.02 Å². The molecule has 1 N–H and O–H groups in total. The van der Waals surface area contributed by atoms with Crippen LogP contribution in [0.5, 0.6) is 5.75 Å². The van der Waals surface area contributed by atoms with Crippen LogP contribution in [-0.2, 0) is 4.79 Å². The predicted octanol–water partition coefficient (Wildman–Crippen LogP) is 1.28. The van der Waals surface area contributed by atoms with Crippen LogP contribution < -0.4 is 15.0 Å². The largest absolute Gasteiger partial charge is 0.495 e. The van der Waals surface area contributed by atoms with Crippen molar-refractivity contribution >= 4 is 23.2 Å². The summed E-state index contributed by atoms with van der Waals surface area (Å²) in [5, 5.41) is 3.42. The first-order valence-corrected chi connectivity index (χ1v) is 5.43. The van der Waals surface area contributed by atoms with Crippen molar-refractivity contribution in [2.75, 3.05) is 31.6 Å². The molecule has 1 fully saturated rings. The molecule has 0 spiro atoms. The Balaban J connectivity index is 2.30. The lowest BCUT2D eigenvalue weighted by molar-refractivity contribution is -0.120. The van der Waals surface area contributed by atoms with Crippen molar-refractivity contribution in [1.29, 1.82) is 0 Å². The molecule has 0 aromatic heterocycles. The molecule has 1 amide bonds. The van der Waals surface area contributed by atoms with E-state index in [1.807, 2.05) is 17.0 Å². The van der Waals surface area contributed by atoms with E-state index in [-0.39, 0.29) is 5.91 Å².